The topological polar surface area (TPSA) is 78.2 Å². The maximum atomic E-state index is 10.9. The second-order valence-corrected chi connectivity index (χ2v) is 4.45. The van der Waals surface area contributed by atoms with Crippen LogP contribution >= 0.6 is 11.3 Å². The Labute approximate surface area is 101 Å². The highest BCUT2D eigenvalue weighted by Crippen LogP contribution is 2.34. The molecule has 7 heteroatoms. The molecule has 88 valence electrons. The van der Waals surface area contributed by atoms with Gasteiger partial charge in [-0.2, -0.15) is 0 Å². The molecule has 6 nitrogen and oxygen atoms in total. The van der Waals surface area contributed by atoms with Gasteiger partial charge in [0.1, 0.15) is 10.8 Å². The molecule has 1 aromatic heterocycles. The molecule has 0 aliphatic heterocycles. The first-order valence-electron chi connectivity index (χ1n) is 4.74. The summed E-state index contributed by atoms with van der Waals surface area (Å²) in [5, 5.41) is 20.0. The van der Waals surface area contributed by atoms with Crippen molar-refractivity contribution in [2.45, 2.75) is 6.92 Å². The molecule has 1 heterocycles. The van der Waals surface area contributed by atoms with Crippen molar-refractivity contribution in [1.29, 1.82) is 0 Å². The number of aromatic nitrogens is 2. The Morgan fingerprint density at radius 2 is 2.18 bits per heavy atom. The van der Waals surface area contributed by atoms with E-state index < -0.39 is 4.92 Å². The van der Waals surface area contributed by atoms with Crippen LogP contribution in [0.3, 0.4) is 0 Å². The Bertz CT molecular complexity index is 568. The molecule has 2 rings (SSSR count). The molecule has 0 fully saturated rings. The molecule has 0 bridgehead atoms. The van der Waals surface area contributed by atoms with Crippen molar-refractivity contribution in [3.8, 4) is 16.3 Å². The first-order valence-corrected chi connectivity index (χ1v) is 5.56. The summed E-state index contributed by atoms with van der Waals surface area (Å²) in [6, 6.07) is 4.55. The van der Waals surface area contributed by atoms with E-state index in [2.05, 4.69) is 10.2 Å². The van der Waals surface area contributed by atoms with Gasteiger partial charge in [0.25, 0.3) is 5.69 Å². The van der Waals surface area contributed by atoms with E-state index in [1.54, 1.807) is 19.1 Å². The summed E-state index contributed by atoms with van der Waals surface area (Å²) in [5.41, 5.74) is 0.432. The van der Waals surface area contributed by atoms with Gasteiger partial charge in [0.05, 0.1) is 17.6 Å². The summed E-state index contributed by atoms with van der Waals surface area (Å²) >= 11 is 1.31. The monoisotopic (exact) mass is 251 g/mol. The minimum Gasteiger partial charge on any atom is -0.497 e. The highest BCUT2D eigenvalue weighted by molar-refractivity contribution is 7.14. The van der Waals surface area contributed by atoms with Gasteiger partial charge in [0.2, 0.25) is 0 Å². The van der Waals surface area contributed by atoms with E-state index in [0.717, 1.165) is 5.01 Å². The summed E-state index contributed by atoms with van der Waals surface area (Å²) in [6.45, 7) is 1.80. The number of rotatable bonds is 3. The number of ether oxygens (including phenoxy) is 1. The Hall–Kier alpha value is -2.02. The highest BCUT2D eigenvalue weighted by Gasteiger charge is 2.19. The standard InChI is InChI=1S/C10H9N3O3S/c1-6-11-12-10(17-6)8-5-7(16-2)3-4-9(8)13(14)15/h3-5H,1-2H3. The number of aryl methyl sites for hydroxylation is 1. The molecule has 0 saturated carbocycles. The predicted molar refractivity (Wildman–Crippen MR) is 63.3 cm³/mol. The normalized spacial score (nSPS) is 10.2. The van der Waals surface area contributed by atoms with Crippen LogP contribution in [0.15, 0.2) is 18.2 Å². The number of nitro benzene ring substituents is 1. The van der Waals surface area contributed by atoms with Crippen molar-refractivity contribution in [2.75, 3.05) is 7.11 Å². The SMILES string of the molecule is COc1ccc([N+](=O)[O-])c(-c2nnc(C)s2)c1. The maximum Gasteiger partial charge on any atom is 0.279 e. The number of benzene rings is 1. The van der Waals surface area contributed by atoms with E-state index >= 15 is 0 Å². The average molecular weight is 251 g/mol. The summed E-state index contributed by atoms with van der Waals surface area (Å²) in [4.78, 5) is 10.5. The molecule has 0 N–H and O–H groups in total. The maximum absolute atomic E-state index is 10.9. The van der Waals surface area contributed by atoms with Gasteiger partial charge in [-0.25, -0.2) is 0 Å². The second-order valence-electron chi connectivity index (χ2n) is 3.27. The van der Waals surface area contributed by atoms with Crippen molar-refractivity contribution in [2.24, 2.45) is 0 Å². The van der Waals surface area contributed by atoms with Crippen LogP contribution in [0.4, 0.5) is 5.69 Å². The van der Waals surface area contributed by atoms with Gasteiger partial charge >= 0.3 is 0 Å². The van der Waals surface area contributed by atoms with E-state index in [1.165, 1.54) is 24.5 Å². The largest absolute Gasteiger partial charge is 0.497 e. The molecule has 0 aliphatic rings. The van der Waals surface area contributed by atoms with Crippen LogP contribution in [0.5, 0.6) is 5.75 Å². The lowest BCUT2D eigenvalue weighted by atomic mass is 10.2. The highest BCUT2D eigenvalue weighted by atomic mass is 32.1. The van der Waals surface area contributed by atoms with Crippen molar-refractivity contribution in [3.63, 3.8) is 0 Å². The number of nitro groups is 1. The fourth-order valence-electron chi connectivity index (χ4n) is 1.38. The van der Waals surface area contributed by atoms with Gasteiger partial charge in [0, 0.05) is 6.07 Å². The average Bonchev–Trinajstić information content (AvgIpc) is 2.75. The minimum absolute atomic E-state index is 0.00181. The molecule has 0 spiro atoms. The van der Waals surface area contributed by atoms with Crippen LogP contribution in [-0.2, 0) is 0 Å². The molecular formula is C10H9N3O3S. The lowest BCUT2D eigenvalue weighted by Gasteiger charge is -2.02. The molecule has 17 heavy (non-hydrogen) atoms. The van der Waals surface area contributed by atoms with Crippen LogP contribution in [0.25, 0.3) is 10.6 Å². The van der Waals surface area contributed by atoms with Crippen LogP contribution < -0.4 is 4.74 Å². The van der Waals surface area contributed by atoms with Crippen molar-refractivity contribution < 1.29 is 9.66 Å². The molecular weight excluding hydrogens is 242 g/mol. The van der Waals surface area contributed by atoms with Gasteiger partial charge in [-0.3, -0.25) is 10.1 Å². The lowest BCUT2D eigenvalue weighted by Crippen LogP contribution is -1.93. The smallest absolute Gasteiger partial charge is 0.279 e. The van der Waals surface area contributed by atoms with Crippen LogP contribution in [0, 0.1) is 17.0 Å². The Morgan fingerprint density at radius 1 is 1.41 bits per heavy atom. The van der Waals surface area contributed by atoms with Gasteiger partial charge in [-0.1, -0.05) is 11.3 Å². The molecule has 0 amide bonds. The number of hydrogen-bond acceptors (Lipinski definition) is 6. The Morgan fingerprint density at radius 3 is 2.71 bits per heavy atom. The number of nitrogens with zero attached hydrogens (tertiary/aromatic N) is 3. The third-order valence-electron chi connectivity index (χ3n) is 2.16. The van der Waals surface area contributed by atoms with Crippen molar-refractivity contribution in [3.05, 3.63) is 33.3 Å². The summed E-state index contributed by atoms with van der Waals surface area (Å²) in [7, 11) is 1.51. The molecule has 2 aromatic rings. The fourth-order valence-corrected chi connectivity index (χ4v) is 2.09. The van der Waals surface area contributed by atoms with E-state index in [0.29, 0.717) is 16.3 Å². The predicted octanol–water partition coefficient (Wildman–Crippen LogP) is 2.43. The van der Waals surface area contributed by atoms with E-state index in [-0.39, 0.29) is 5.69 Å². The molecule has 0 unspecified atom stereocenters. The lowest BCUT2D eigenvalue weighted by molar-refractivity contribution is -0.384. The Kier molecular flexibility index (Phi) is 3.01. The van der Waals surface area contributed by atoms with Gasteiger partial charge in [-0.05, 0) is 19.1 Å². The van der Waals surface area contributed by atoms with Gasteiger partial charge in [-0.15, -0.1) is 10.2 Å². The number of hydrogen-bond donors (Lipinski definition) is 0. The third kappa shape index (κ3) is 2.23. The molecule has 0 saturated heterocycles. The van der Waals surface area contributed by atoms with Crippen LogP contribution in [0.1, 0.15) is 5.01 Å². The van der Waals surface area contributed by atoms with E-state index in [4.69, 9.17) is 4.74 Å². The van der Waals surface area contributed by atoms with E-state index in [1.807, 2.05) is 0 Å². The first-order chi connectivity index (χ1) is 8.11. The minimum atomic E-state index is -0.439. The first kappa shape index (κ1) is 11.5. The quantitative estimate of drug-likeness (QED) is 0.618. The van der Waals surface area contributed by atoms with Crippen molar-refractivity contribution in [1.82, 2.24) is 10.2 Å². The zero-order valence-electron chi connectivity index (χ0n) is 9.21. The van der Waals surface area contributed by atoms with Crippen molar-refractivity contribution >= 4 is 17.0 Å². The van der Waals surface area contributed by atoms with Crippen LogP contribution in [0.2, 0.25) is 0 Å². The van der Waals surface area contributed by atoms with E-state index in [9.17, 15) is 10.1 Å². The molecule has 0 atom stereocenters. The summed E-state index contributed by atoms with van der Waals surface area (Å²) in [5.74, 6) is 0.554. The number of methoxy groups -OCH3 is 1. The molecule has 0 radical (unpaired) electrons. The Balaban J connectivity index is 2.60. The zero-order valence-corrected chi connectivity index (χ0v) is 10.0. The molecule has 1 aromatic carbocycles. The van der Waals surface area contributed by atoms with Gasteiger partial charge < -0.3 is 4.74 Å². The fraction of sp³-hybridized carbons (Fsp3) is 0.200. The van der Waals surface area contributed by atoms with Crippen LogP contribution in [-0.4, -0.2) is 22.2 Å². The van der Waals surface area contributed by atoms with Gasteiger partial charge in [0.15, 0.2) is 5.01 Å². The summed E-state index contributed by atoms with van der Waals surface area (Å²) in [6.07, 6.45) is 0. The zero-order chi connectivity index (χ0) is 12.4. The molecule has 0 aliphatic carbocycles. The third-order valence-corrected chi connectivity index (χ3v) is 3.03. The second kappa shape index (κ2) is 4.46. The summed E-state index contributed by atoms with van der Waals surface area (Å²) < 4.78 is 5.05.